The summed E-state index contributed by atoms with van der Waals surface area (Å²) in [6.07, 6.45) is 0.478. The number of nitrogens with zero attached hydrogens (tertiary/aromatic N) is 3. The second-order valence-corrected chi connectivity index (χ2v) is 8.16. The molecule has 1 N–H and O–H groups in total. The van der Waals surface area contributed by atoms with Crippen molar-refractivity contribution in [1.29, 1.82) is 0 Å². The highest BCUT2D eigenvalue weighted by molar-refractivity contribution is 5.77. The number of likely N-dealkylation sites (tertiary alicyclic amines) is 1. The normalized spacial score (nSPS) is 30.4. The molecular formula is C19H27F3N4O2. The van der Waals surface area contributed by atoms with E-state index in [0.717, 1.165) is 37.0 Å². The average molecular weight is 400 g/mol. The number of alkyl halides is 3. The van der Waals surface area contributed by atoms with Gasteiger partial charge in [0.1, 0.15) is 5.82 Å². The summed E-state index contributed by atoms with van der Waals surface area (Å²) in [5, 5.41) is 7.39. The third-order valence-electron chi connectivity index (χ3n) is 6.02. The van der Waals surface area contributed by atoms with Crippen LogP contribution in [0.5, 0.6) is 0 Å². The highest BCUT2D eigenvalue weighted by Crippen LogP contribution is 2.41. The molecule has 1 amide bonds. The van der Waals surface area contributed by atoms with Gasteiger partial charge in [-0.15, -0.1) is 0 Å². The summed E-state index contributed by atoms with van der Waals surface area (Å²) in [6, 6.07) is -0.472. The van der Waals surface area contributed by atoms with Crippen molar-refractivity contribution in [3.63, 3.8) is 0 Å². The van der Waals surface area contributed by atoms with E-state index in [1.807, 2.05) is 0 Å². The van der Waals surface area contributed by atoms with E-state index in [2.05, 4.69) is 10.4 Å². The van der Waals surface area contributed by atoms with Gasteiger partial charge in [0.2, 0.25) is 5.91 Å². The number of hydrogen-bond acceptors (Lipinski definition) is 4. The van der Waals surface area contributed by atoms with Crippen molar-refractivity contribution in [2.24, 2.45) is 0 Å². The zero-order valence-electron chi connectivity index (χ0n) is 16.0. The fraction of sp³-hybridized carbons (Fsp3) is 0.789. The molecule has 3 aliphatic rings. The molecule has 6 nitrogen and oxygen atoms in total. The summed E-state index contributed by atoms with van der Waals surface area (Å²) in [7, 11) is 0. The van der Waals surface area contributed by atoms with Crippen LogP contribution in [0.2, 0.25) is 0 Å². The maximum atomic E-state index is 13.5. The summed E-state index contributed by atoms with van der Waals surface area (Å²) in [6.45, 7) is 3.13. The first kappa shape index (κ1) is 19.5. The second kappa shape index (κ2) is 7.57. The van der Waals surface area contributed by atoms with Crippen LogP contribution in [0, 0.1) is 0 Å². The molecule has 0 unspecified atom stereocenters. The molecule has 0 bridgehead atoms. The smallest absolute Gasteiger partial charge is 0.378 e. The van der Waals surface area contributed by atoms with E-state index in [9.17, 15) is 18.0 Å². The zero-order valence-corrected chi connectivity index (χ0v) is 16.0. The Hall–Kier alpha value is -1.77. The molecule has 28 heavy (non-hydrogen) atoms. The Kier molecular flexibility index (Phi) is 5.28. The van der Waals surface area contributed by atoms with Crippen LogP contribution in [0.15, 0.2) is 6.07 Å². The van der Waals surface area contributed by atoms with E-state index in [1.165, 1.54) is 0 Å². The predicted molar refractivity (Wildman–Crippen MR) is 96.9 cm³/mol. The van der Waals surface area contributed by atoms with E-state index in [0.29, 0.717) is 30.9 Å². The van der Waals surface area contributed by atoms with Crippen LogP contribution in [0.25, 0.3) is 0 Å². The van der Waals surface area contributed by atoms with Gasteiger partial charge in [-0.25, -0.2) is 4.68 Å². The summed E-state index contributed by atoms with van der Waals surface area (Å²) in [5.74, 6) is 0.424. The molecule has 0 radical (unpaired) electrons. The fourth-order valence-electron chi connectivity index (χ4n) is 4.61. The molecule has 0 saturated carbocycles. The Morgan fingerprint density at radius 3 is 2.89 bits per heavy atom. The van der Waals surface area contributed by atoms with Gasteiger partial charge in [-0.2, -0.15) is 18.3 Å². The van der Waals surface area contributed by atoms with Crippen molar-refractivity contribution in [2.45, 2.75) is 82.3 Å². The molecule has 2 saturated heterocycles. The maximum absolute atomic E-state index is 13.5. The van der Waals surface area contributed by atoms with Crippen LogP contribution < -0.4 is 5.32 Å². The molecular weight excluding hydrogens is 373 g/mol. The van der Waals surface area contributed by atoms with Gasteiger partial charge in [0.15, 0.2) is 6.04 Å². The van der Waals surface area contributed by atoms with Gasteiger partial charge in [-0.1, -0.05) is 0 Å². The number of halogens is 3. The Bertz CT molecular complexity index is 715. The number of carbonyl (C=O) groups is 1. The molecule has 2 fully saturated rings. The first-order chi connectivity index (χ1) is 13.3. The van der Waals surface area contributed by atoms with E-state index in [1.54, 1.807) is 17.9 Å². The summed E-state index contributed by atoms with van der Waals surface area (Å²) in [4.78, 5) is 14.5. The lowest BCUT2D eigenvalue weighted by molar-refractivity contribution is -0.173. The van der Waals surface area contributed by atoms with Crippen LogP contribution in [0.4, 0.5) is 19.0 Å². The molecule has 1 aromatic heterocycles. The van der Waals surface area contributed by atoms with Gasteiger partial charge in [-0.3, -0.25) is 4.79 Å². The van der Waals surface area contributed by atoms with Crippen molar-refractivity contribution in [1.82, 2.24) is 14.7 Å². The Labute approximate surface area is 162 Å². The molecule has 3 aliphatic heterocycles. The minimum Gasteiger partial charge on any atom is -0.378 e. The SMILES string of the molecule is C[C@@H]1C[C@H](C(F)(F)F)n2nc([C@@H]3CCCN3C(=O)CC[C@@H]3CCCO3)cc2N1. The molecule has 4 heterocycles. The lowest BCUT2D eigenvalue weighted by atomic mass is 10.1. The van der Waals surface area contributed by atoms with Gasteiger partial charge >= 0.3 is 6.18 Å². The summed E-state index contributed by atoms with van der Waals surface area (Å²) in [5.41, 5.74) is 0.550. The molecule has 156 valence electrons. The van der Waals surface area contributed by atoms with Crippen LogP contribution in [-0.4, -0.2) is 52.1 Å². The summed E-state index contributed by atoms with van der Waals surface area (Å²) < 4.78 is 47.0. The largest absolute Gasteiger partial charge is 0.410 e. The van der Waals surface area contributed by atoms with Crippen LogP contribution in [0.3, 0.4) is 0 Å². The van der Waals surface area contributed by atoms with E-state index >= 15 is 0 Å². The molecule has 4 rings (SSSR count). The minimum atomic E-state index is -4.35. The molecule has 9 heteroatoms. The number of ether oxygens (including phenoxy) is 1. The maximum Gasteiger partial charge on any atom is 0.410 e. The highest BCUT2D eigenvalue weighted by atomic mass is 19.4. The van der Waals surface area contributed by atoms with Crippen molar-refractivity contribution in [3.05, 3.63) is 11.8 Å². The minimum absolute atomic E-state index is 0.0395. The quantitative estimate of drug-likeness (QED) is 0.835. The van der Waals surface area contributed by atoms with E-state index in [-0.39, 0.29) is 30.5 Å². The number of amides is 1. The highest BCUT2D eigenvalue weighted by Gasteiger charge is 2.46. The Morgan fingerprint density at radius 1 is 1.36 bits per heavy atom. The van der Waals surface area contributed by atoms with Crippen LogP contribution >= 0.6 is 0 Å². The number of fused-ring (bicyclic) bond motifs is 1. The average Bonchev–Trinajstić information content (AvgIpc) is 3.36. The number of rotatable bonds is 4. The third kappa shape index (κ3) is 3.86. The monoisotopic (exact) mass is 400 g/mol. The van der Waals surface area contributed by atoms with Gasteiger partial charge < -0.3 is 15.0 Å². The van der Waals surface area contributed by atoms with Crippen molar-refractivity contribution >= 4 is 11.7 Å². The second-order valence-electron chi connectivity index (χ2n) is 8.16. The third-order valence-corrected chi connectivity index (χ3v) is 6.02. The van der Waals surface area contributed by atoms with E-state index < -0.39 is 12.2 Å². The number of aromatic nitrogens is 2. The van der Waals surface area contributed by atoms with Gasteiger partial charge in [0.25, 0.3) is 0 Å². The van der Waals surface area contributed by atoms with Crippen molar-refractivity contribution < 1.29 is 22.7 Å². The zero-order chi connectivity index (χ0) is 19.9. The van der Waals surface area contributed by atoms with Crippen molar-refractivity contribution in [3.8, 4) is 0 Å². The lowest BCUT2D eigenvalue weighted by Crippen LogP contribution is -2.38. The molecule has 0 aliphatic carbocycles. The molecule has 1 aromatic rings. The lowest BCUT2D eigenvalue weighted by Gasteiger charge is -2.31. The molecule has 4 atom stereocenters. The number of hydrogen-bond donors (Lipinski definition) is 1. The number of carbonyl (C=O) groups excluding carboxylic acids is 1. The number of nitrogens with one attached hydrogen (secondary N) is 1. The van der Waals surface area contributed by atoms with Crippen LogP contribution in [0.1, 0.15) is 69.6 Å². The number of anilines is 1. The molecule has 0 aromatic carbocycles. The van der Waals surface area contributed by atoms with Gasteiger partial charge in [0.05, 0.1) is 17.8 Å². The predicted octanol–water partition coefficient (Wildman–Crippen LogP) is 3.81. The van der Waals surface area contributed by atoms with Gasteiger partial charge in [0, 0.05) is 31.7 Å². The Morgan fingerprint density at radius 2 is 2.18 bits per heavy atom. The first-order valence-corrected chi connectivity index (χ1v) is 10.2. The van der Waals surface area contributed by atoms with E-state index in [4.69, 9.17) is 4.74 Å². The fourth-order valence-corrected chi connectivity index (χ4v) is 4.61. The van der Waals surface area contributed by atoms with Gasteiger partial charge in [-0.05, 0) is 45.4 Å². The first-order valence-electron chi connectivity index (χ1n) is 10.2. The Balaban J connectivity index is 1.49. The molecule has 0 spiro atoms. The topological polar surface area (TPSA) is 59.4 Å². The van der Waals surface area contributed by atoms with Crippen molar-refractivity contribution in [2.75, 3.05) is 18.5 Å². The van der Waals surface area contributed by atoms with Crippen LogP contribution in [-0.2, 0) is 9.53 Å². The summed E-state index contributed by atoms with van der Waals surface area (Å²) >= 11 is 0. The standard InChI is InChI=1S/C19H27F3N4O2/c1-12-10-16(19(20,21)22)26-17(23-12)11-14(24-26)15-5-2-8-25(15)18(27)7-6-13-4-3-9-28-13/h11-13,15-16,23H,2-10H2,1H3/t12-,13+,15+,16-/m1/s1.